The van der Waals surface area contributed by atoms with Crippen molar-refractivity contribution in [2.75, 3.05) is 30.7 Å². The van der Waals surface area contributed by atoms with Crippen molar-refractivity contribution in [1.29, 1.82) is 0 Å². The normalized spacial score (nSPS) is 15.5. The van der Waals surface area contributed by atoms with Crippen molar-refractivity contribution in [2.24, 2.45) is 0 Å². The lowest BCUT2D eigenvalue weighted by Gasteiger charge is -2.26. The molecule has 1 amide bonds. The van der Waals surface area contributed by atoms with Gasteiger partial charge in [0.05, 0.1) is 11.3 Å². The van der Waals surface area contributed by atoms with Crippen molar-refractivity contribution in [3.63, 3.8) is 0 Å². The highest BCUT2D eigenvalue weighted by atomic mass is 32.2. The first-order valence-electron chi connectivity index (χ1n) is 7.96. The summed E-state index contributed by atoms with van der Waals surface area (Å²) in [5, 5.41) is 7.63. The zero-order chi connectivity index (χ0) is 15.9. The van der Waals surface area contributed by atoms with Crippen LogP contribution < -0.4 is 5.32 Å². The van der Waals surface area contributed by atoms with Crippen LogP contribution in [0.15, 0.2) is 40.2 Å². The van der Waals surface area contributed by atoms with Crippen LogP contribution in [0.25, 0.3) is 0 Å². The highest BCUT2D eigenvalue weighted by molar-refractivity contribution is 7.99. The van der Waals surface area contributed by atoms with E-state index in [2.05, 4.69) is 15.2 Å². The Hall–Kier alpha value is -1.37. The molecule has 1 fully saturated rings. The van der Waals surface area contributed by atoms with E-state index in [-0.39, 0.29) is 5.91 Å². The van der Waals surface area contributed by atoms with Gasteiger partial charge in [0.1, 0.15) is 5.03 Å². The number of thioether (sulfide) groups is 1. The number of hydrogen-bond donors (Lipinski definition) is 1. The molecular formula is C17H21N3OS2. The minimum absolute atomic E-state index is 0.0721. The standard InChI is InChI=1S/C17H21N3OS2/c21-16(14-6-11-22-13-14)19-15-5-4-7-18-17(15)23-12-10-20-8-2-1-3-9-20/h4-7,11,13H,1-3,8-10,12H2,(H,19,21). The maximum atomic E-state index is 12.2. The molecule has 1 saturated heterocycles. The number of nitrogens with zero attached hydrogens (tertiary/aromatic N) is 2. The fourth-order valence-electron chi connectivity index (χ4n) is 2.64. The summed E-state index contributed by atoms with van der Waals surface area (Å²) in [6.45, 7) is 3.51. The molecule has 0 aliphatic carbocycles. The van der Waals surface area contributed by atoms with E-state index in [1.165, 1.54) is 43.7 Å². The van der Waals surface area contributed by atoms with Crippen molar-refractivity contribution >= 4 is 34.7 Å². The topological polar surface area (TPSA) is 45.2 Å². The van der Waals surface area contributed by atoms with Gasteiger partial charge in [-0.05, 0) is 49.5 Å². The van der Waals surface area contributed by atoms with Crippen molar-refractivity contribution in [3.05, 3.63) is 40.7 Å². The van der Waals surface area contributed by atoms with E-state index >= 15 is 0 Å². The molecule has 0 aromatic carbocycles. The zero-order valence-electron chi connectivity index (χ0n) is 13.0. The van der Waals surface area contributed by atoms with Crippen LogP contribution in [0, 0.1) is 0 Å². The second-order valence-electron chi connectivity index (χ2n) is 5.57. The molecule has 23 heavy (non-hydrogen) atoms. The number of likely N-dealkylation sites (tertiary alicyclic amines) is 1. The highest BCUT2D eigenvalue weighted by Gasteiger charge is 2.12. The summed E-state index contributed by atoms with van der Waals surface area (Å²) in [6.07, 6.45) is 5.78. The molecule has 0 bridgehead atoms. The van der Waals surface area contributed by atoms with Crippen LogP contribution in [-0.2, 0) is 0 Å². The highest BCUT2D eigenvalue weighted by Crippen LogP contribution is 2.25. The summed E-state index contributed by atoms with van der Waals surface area (Å²) < 4.78 is 0. The molecule has 122 valence electrons. The van der Waals surface area contributed by atoms with E-state index in [0.29, 0.717) is 5.56 Å². The van der Waals surface area contributed by atoms with Crippen molar-refractivity contribution < 1.29 is 4.79 Å². The third-order valence-electron chi connectivity index (χ3n) is 3.90. The SMILES string of the molecule is O=C(Nc1cccnc1SCCN1CCCCC1)c1ccsc1. The number of thiophene rings is 1. The second-order valence-corrected chi connectivity index (χ2v) is 7.44. The number of rotatable bonds is 6. The summed E-state index contributed by atoms with van der Waals surface area (Å²) in [4.78, 5) is 19.1. The lowest BCUT2D eigenvalue weighted by molar-refractivity contribution is 0.102. The van der Waals surface area contributed by atoms with E-state index in [1.807, 2.05) is 29.0 Å². The molecule has 0 saturated carbocycles. The van der Waals surface area contributed by atoms with E-state index in [0.717, 1.165) is 23.0 Å². The third-order valence-corrected chi connectivity index (χ3v) is 5.57. The minimum Gasteiger partial charge on any atom is -0.320 e. The Kier molecular flexibility index (Phi) is 6.07. The second kappa shape index (κ2) is 8.47. The van der Waals surface area contributed by atoms with Gasteiger partial charge < -0.3 is 10.2 Å². The molecule has 1 aliphatic rings. The largest absolute Gasteiger partial charge is 0.320 e. The Balaban J connectivity index is 1.56. The van der Waals surface area contributed by atoms with Crippen LogP contribution in [0.5, 0.6) is 0 Å². The number of nitrogens with one attached hydrogen (secondary N) is 1. The van der Waals surface area contributed by atoms with Crippen LogP contribution >= 0.6 is 23.1 Å². The Bertz CT molecular complexity index is 625. The average Bonchev–Trinajstić information content (AvgIpc) is 3.12. The molecule has 6 heteroatoms. The van der Waals surface area contributed by atoms with Gasteiger partial charge in [0, 0.05) is 23.9 Å². The molecule has 0 spiro atoms. The van der Waals surface area contributed by atoms with Gasteiger partial charge in [0.25, 0.3) is 5.91 Å². The zero-order valence-corrected chi connectivity index (χ0v) is 14.7. The van der Waals surface area contributed by atoms with Crippen molar-refractivity contribution in [2.45, 2.75) is 24.3 Å². The molecule has 0 atom stereocenters. The quantitative estimate of drug-likeness (QED) is 0.803. The smallest absolute Gasteiger partial charge is 0.256 e. The van der Waals surface area contributed by atoms with Crippen LogP contribution in [0.2, 0.25) is 0 Å². The molecule has 2 aromatic heterocycles. The van der Waals surface area contributed by atoms with Gasteiger partial charge in [0.15, 0.2) is 0 Å². The molecule has 1 N–H and O–H groups in total. The van der Waals surface area contributed by atoms with Gasteiger partial charge in [-0.3, -0.25) is 4.79 Å². The fraction of sp³-hybridized carbons (Fsp3) is 0.412. The maximum Gasteiger partial charge on any atom is 0.256 e. The summed E-state index contributed by atoms with van der Waals surface area (Å²) in [7, 11) is 0. The van der Waals surface area contributed by atoms with Gasteiger partial charge in [-0.15, -0.1) is 11.8 Å². The third kappa shape index (κ3) is 4.80. The number of hydrogen-bond acceptors (Lipinski definition) is 5. The Morgan fingerprint density at radius 3 is 2.96 bits per heavy atom. The predicted molar refractivity (Wildman–Crippen MR) is 97.5 cm³/mol. The lowest BCUT2D eigenvalue weighted by Crippen LogP contribution is -2.31. The maximum absolute atomic E-state index is 12.2. The number of carbonyl (C=O) groups excluding carboxylic acids is 1. The fourth-order valence-corrected chi connectivity index (χ4v) is 4.23. The Morgan fingerprint density at radius 1 is 1.30 bits per heavy atom. The van der Waals surface area contributed by atoms with E-state index in [1.54, 1.807) is 18.0 Å². The van der Waals surface area contributed by atoms with E-state index < -0.39 is 0 Å². The van der Waals surface area contributed by atoms with Gasteiger partial charge in [-0.25, -0.2) is 4.98 Å². The summed E-state index contributed by atoms with van der Waals surface area (Å²) in [5.74, 6) is 0.926. The minimum atomic E-state index is -0.0721. The van der Waals surface area contributed by atoms with Crippen LogP contribution in [0.3, 0.4) is 0 Å². The monoisotopic (exact) mass is 347 g/mol. The van der Waals surface area contributed by atoms with Gasteiger partial charge in [0.2, 0.25) is 0 Å². The average molecular weight is 348 g/mol. The first-order chi connectivity index (χ1) is 11.3. The Morgan fingerprint density at radius 2 is 2.17 bits per heavy atom. The number of piperidine rings is 1. The molecule has 3 rings (SSSR count). The van der Waals surface area contributed by atoms with Crippen LogP contribution in [0.4, 0.5) is 5.69 Å². The van der Waals surface area contributed by atoms with Gasteiger partial charge in [-0.1, -0.05) is 6.42 Å². The van der Waals surface area contributed by atoms with Gasteiger partial charge in [-0.2, -0.15) is 11.3 Å². The number of anilines is 1. The number of aromatic nitrogens is 1. The van der Waals surface area contributed by atoms with Gasteiger partial charge >= 0.3 is 0 Å². The number of carbonyl (C=O) groups is 1. The van der Waals surface area contributed by atoms with E-state index in [4.69, 9.17) is 0 Å². The summed E-state index contributed by atoms with van der Waals surface area (Å²) >= 11 is 3.24. The number of amides is 1. The molecule has 1 aliphatic heterocycles. The molecule has 2 aromatic rings. The van der Waals surface area contributed by atoms with Crippen LogP contribution in [-0.4, -0.2) is 41.2 Å². The summed E-state index contributed by atoms with van der Waals surface area (Å²) in [5.41, 5.74) is 1.50. The lowest BCUT2D eigenvalue weighted by atomic mass is 10.1. The summed E-state index contributed by atoms with van der Waals surface area (Å²) in [6, 6.07) is 5.61. The Labute approximate surface area is 145 Å². The van der Waals surface area contributed by atoms with Crippen molar-refractivity contribution in [3.8, 4) is 0 Å². The first-order valence-corrected chi connectivity index (χ1v) is 9.89. The predicted octanol–water partition coefficient (Wildman–Crippen LogP) is 3.97. The molecule has 3 heterocycles. The first kappa shape index (κ1) is 16.5. The van der Waals surface area contributed by atoms with E-state index in [9.17, 15) is 4.79 Å². The number of pyridine rings is 1. The molecule has 0 radical (unpaired) electrons. The molecule has 4 nitrogen and oxygen atoms in total. The van der Waals surface area contributed by atoms with Crippen molar-refractivity contribution in [1.82, 2.24) is 9.88 Å². The van der Waals surface area contributed by atoms with Crippen LogP contribution in [0.1, 0.15) is 29.6 Å². The molecule has 0 unspecified atom stereocenters. The molecular weight excluding hydrogens is 326 g/mol.